The molecule has 1 saturated heterocycles. The van der Waals surface area contributed by atoms with E-state index in [9.17, 15) is 14.7 Å². The summed E-state index contributed by atoms with van der Waals surface area (Å²) in [4.78, 5) is 31.5. The lowest BCUT2D eigenvalue weighted by molar-refractivity contribution is -0.141. The van der Waals surface area contributed by atoms with Gasteiger partial charge in [-0.25, -0.2) is 14.8 Å². The number of carbonyl (C=O) groups is 2. The topological polar surface area (TPSA) is 104 Å². The average Bonchev–Trinajstić information content (AvgIpc) is 2.72. The zero-order chi connectivity index (χ0) is 12.4. The van der Waals surface area contributed by atoms with E-state index in [4.69, 9.17) is 5.11 Å². The van der Waals surface area contributed by atoms with Crippen LogP contribution in [0, 0.1) is 0 Å². The molecular formula is C10H11N3O4. The molecule has 17 heavy (non-hydrogen) atoms. The molecule has 7 heteroatoms. The summed E-state index contributed by atoms with van der Waals surface area (Å²) in [6.45, 7) is 0.0185. The fourth-order valence-electron chi connectivity index (χ4n) is 1.85. The van der Waals surface area contributed by atoms with Gasteiger partial charge in [-0.05, 0) is 0 Å². The molecule has 0 radical (unpaired) electrons. The molecular weight excluding hydrogens is 226 g/mol. The van der Waals surface area contributed by atoms with Crippen LogP contribution in [-0.4, -0.2) is 55.6 Å². The molecule has 1 aliphatic rings. The Kier molecular flexibility index (Phi) is 3.01. The van der Waals surface area contributed by atoms with E-state index in [1.165, 1.54) is 18.7 Å². The molecule has 2 N–H and O–H groups in total. The van der Waals surface area contributed by atoms with Crippen molar-refractivity contribution in [2.45, 2.75) is 18.6 Å². The number of hydrogen-bond acceptors (Lipinski definition) is 5. The third-order valence-corrected chi connectivity index (χ3v) is 2.63. The maximum atomic E-state index is 12.0. The van der Waals surface area contributed by atoms with Gasteiger partial charge in [0.25, 0.3) is 5.91 Å². The lowest BCUT2D eigenvalue weighted by atomic mass is 10.2. The van der Waals surface area contributed by atoms with Crippen LogP contribution in [-0.2, 0) is 4.79 Å². The Hall–Kier alpha value is -2.02. The lowest BCUT2D eigenvalue weighted by Gasteiger charge is -2.20. The second kappa shape index (κ2) is 4.46. The number of amides is 1. The van der Waals surface area contributed by atoms with Crippen LogP contribution < -0.4 is 0 Å². The molecule has 7 nitrogen and oxygen atoms in total. The van der Waals surface area contributed by atoms with Crippen LogP contribution in [0.3, 0.4) is 0 Å². The molecule has 2 rings (SSSR count). The minimum atomic E-state index is -1.12. The average molecular weight is 237 g/mol. The molecule has 0 aliphatic carbocycles. The summed E-state index contributed by atoms with van der Waals surface area (Å²) in [6, 6.07) is -0.988. The fourth-order valence-corrected chi connectivity index (χ4v) is 1.85. The molecule has 0 spiro atoms. The largest absolute Gasteiger partial charge is 0.480 e. The number of carbonyl (C=O) groups excluding carboxylic acids is 1. The first-order valence-corrected chi connectivity index (χ1v) is 5.06. The van der Waals surface area contributed by atoms with Crippen LogP contribution in [0.15, 0.2) is 18.7 Å². The molecule has 1 aromatic heterocycles. The Morgan fingerprint density at radius 2 is 2.00 bits per heavy atom. The molecule has 1 amide bonds. The Morgan fingerprint density at radius 1 is 1.35 bits per heavy atom. The SMILES string of the molecule is O=C(O)[C@@H]1C[C@H](O)CN1C(=O)c1cncnc1. The van der Waals surface area contributed by atoms with E-state index >= 15 is 0 Å². The standard InChI is InChI=1S/C10H11N3O4/c14-7-1-8(10(16)17)13(4-7)9(15)6-2-11-5-12-3-6/h2-3,5,7-8,14H,1,4H2,(H,16,17)/t7-,8-/m0/s1. The van der Waals surface area contributed by atoms with Crippen LogP contribution in [0.1, 0.15) is 16.8 Å². The van der Waals surface area contributed by atoms with Gasteiger partial charge in [-0.2, -0.15) is 0 Å². The summed E-state index contributed by atoms with van der Waals surface area (Å²) in [5.41, 5.74) is 0.216. The molecule has 1 fully saturated rings. The van der Waals surface area contributed by atoms with Crippen molar-refractivity contribution in [3.8, 4) is 0 Å². The van der Waals surface area contributed by atoms with Crippen LogP contribution in [0.4, 0.5) is 0 Å². The van der Waals surface area contributed by atoms with Gasteiger partial charge in [0.2, 0.25) is 0 Å². The number of carboxylic acid groups (broad SMARTS) is 1. The van der Waals surface area contributed by atoms with E-state index < -0.39 is 24.0 Å². The number of aliphatic hydroxyl groups excluding tert-OH is 1. The van der Waals surface area contributed by atoms with Crippen LogP contribution in [0.25, 0.3) is 0 Å². The predicted octanol–water partition coefficient (Wildman–Crippen LogP) is -0.863. The molecule has 1 aliphatic heterocycles. The number of β-amino-alcohol motifs (C(OH)–C–C–N with tert-alkyl or cyclic N) is 1. The van der Waals surface area contributed by atoms with Gasteiger partial charge in [0.05, 0.1) is 11.7 Å². The van der Waals surface area contributed by atoms with Gasteiger partial charge in [-0.3, -0.25) is 4.79 Å². The third-order valence-electron chi connectivity index (χ3n) is 2.63. The van der Waals surface area contributed by atoms with Gasteiger partial charge >= 0.3 is 5.97 Å². The summed E-state index contributed by atoms with van der Waals surface area (Å²) >= 11 is 0. The van der Waals surface area contributed by atoms with E-state index in [2.05, 4.69) is 9.97 Å². The van der Waals surface area contributed by atoms with Crippen molar-refractivity contribution in [1.29, 1.82) is 0 Å². The summed E-state index contributed by atoms with van der Waals surface area (Å²) < 4.78 is 0. The highest BCUT2D eigenvalue weighted by Crippen LogP contribution is 2.20. The predicted molar refractivity (Wildman–Crippen MR) is 55.1 cm³/mol. The molecule has 2 heterocycles. The monoisotopic (exact) mass is 237 g/mol. The van der Waals surface area contributed by atoms with Crippen LogP contribution in [0.2, 0.25) is 0 Å². The minimum Gasteiger partial charge on any atom is -0.480 e. The van der Waals surface area contributed by atoms with E-state index in [1.54, 1.807) is 0 Å². The number of rotatable bonds is 2. The molecule has 2 atom stereocenters. The number of carboxylic acids is 1. The van der Waals surface area contributed by atoms with Gasteiger partial charge in [-0.15, -0.1) is 0 Å². The van der Waals surface area contributed by atoms with Crippen molar-refractivity contribution in [3.05, 3.63) is 24.3 Å². The third kappa shape index (κ3) is 2.23. The van der Waals surface area contributed by atoms with Gasteiger partial charge in [0, 0.05) is 25.4 Å². The molecule has 0 aromatic carbocycles. The maximum absolute atomic E-state index is 12.0. The van der Waals surface area contributed by atoms with Crippen molar-refractivity contribution >= 4 is 11.9 Å². The second-order valence-electron chi connectivity index (χ2n) is 3.83. The Bertz CT molecular complexity index is 436. The molecule has 1 aromatic rings. The first kappa shape index (κ1) is 11.5. The quantitative estimate of drug-likeness (QED) is 0.693. The van der Waals surface area contributed by atoms with Crippen LogP contribution in [0.5, 0.6) is 0 Å². The Morgan fingerprint density at radius 3 is 2.59 bits per heavy atom. The van der Waals surface area contributed by atoms with Crippen molar-refractivity contribution in [2.24, 2.45) is 0 Å². The molecule has 0 bridgehead atoms. The van der Waals surface area contributed by atoms with Gasteiger partial charge < -0.3 is 15.1 Å². The van der Waals surface area contributed by atoms with Gasteiger partial charge in [0.1, 0.15) is 12.4 Å². The minimum absolute atomic E-state index is 0.0185. The summed E-state index contributed by atoms with van der Waals surface area (Å²) in [5, 5.41) is 18.4. The van der Waals surface area contributed by atoms with Crippen LogP contribution >= 0.6 is 0 Å². The zero-order valence-electron chi connectivity index (χ0n) is 8.85. The number of aliphatic hydroxyl groups is 1. The molecule has 0 saturated carbocycles. The maximum Gasteiger partial charge on any atom is 0.326 e. The van der Waals surface area contributed by atoms with Crippen molar-refractivity contribution in [3.63, 3.8) is 0 Å². The highest BCUT2D eigenvalue weighted by molar-refractivity contribution is 5.96. The Balaban J connectivity index is 2.22. The van der Waals surface area contributed by atoms with E-state index in [1.807, 2.05) is 0 Å². The first-order valence-electron chi connectivity index (χ1n) is 5.06. The number of aliphatic carboxylic acids is 1. The highest BCUT2D eigenvalue weighted by atomic mass is 16.4. The van der Waals surface area contributed by atoms with E-state index in [0.29, 0.717) is 0 Å². The van der Waals surface area contributed by atoms with Gasteiger partial charge in [0.15, 0.2) is 0 Å². The summed E-state index contributed by atoms with van der Waals surface area (Å²) in [5.74, 6) is -1.60. The smallest absolute Gasteiger partial charge is 0.326 e. The summed E-state index contributed by atoms with van der Waals surface area (Å²) in [7, 11) is 0. The Labute approximate surface area is 96.7 Å². The first-order chi connectivity index (χ1) is 8.09. The lowest BCUT2D eigenvalue weighted by Crippen LogP contribution is -2.40. The highest BCUT2D eigenvalue weighted by Gasteiger charge is 2.39. The molecule has 90 valence electrons. The summed E-state index contributed by atoms with van der Waals surface area (Å²) in [6.07, 6.45) is 3.17. The number of aromatic nitrogens is 2. The number of nitrogens with zero attached hydrogens (tertiary/aromatic N) is 3. The molecule has 0 unspecified atom stereocenters. The van der Waals surface area contributed by atoms with Crippen molar-refractivity contribution in [2.75, 3.05) is 6.54 Å². The van der Waals surface area contributed by atoms with Gasteiger partial charge in [-0.1, -0.05) is 0 Å². The number of hydrogen-bond donors (Lipinski definition) is 2. The van der Waals surface area contributed by atoms with E-state index in [-0.39, 0.29) is 18.5 Å². The zero-order valence-corrected chi connectivity index (χ0v) is 8.85. The van der Waals surface area contributed by atoms with E-state index in [0.717, 1.165) is 4.90 Å². The fraction of sp³-hybridized carbons (Fsp3) is 0.400. The second-order valence-corrected chi connectivity index (χ2v) is 3.83. The van der Waals surface area contributed by atoms with Crippen molar-refractivity contribution in [1.82, 2.24) is 14.9 Å². The van der Waals surface area contributed by atoms with Crippen molar-refractivity contribution < 1.29 is 19.8 Å². The normalized spacial score (nSPS) is 23.7. The number of likely N-dealkylation sites (tertiary alicyclic amines) is 1.